The van der Waals surface area contributed by atoms with Crippen molar-refractivity contribution in [2.24, 2.45) is 5.73 Å². The second kappa shape index (κ2) is 12.0. The molecule has 0 radical (unpaired) electrons. The number of fused-ring (bicyclic) bond motifs is 1. The summed E-state index contributed by atoms with van der Waals surface area (Å²) in [6.45, 7) is 6.59. The second-order valence-electron chi connectivity index (χ2n) is 8.42. The molecule has 2 N–H and O–H groups in total. The zero-order valence-electron chi connectivity index (χ0n) is 22.2. The number of aromatic nitrogens is 1. The number of esters is 2. The van der Waals surface area contributed by atoms with Gasteiger partial charge in [0, 0.05) is 0 Å². The number of thiazole rings is 1. The minimum Gasteiger partial charge on any atom is -0.494 e. The minimum absolute atomic E-state index is 0.0234. The van der Waals surface area contributed by atoms with E-state index in [2.05, 4.69) is 0 Å². The summed E-state index contributed by atoms with van der Waals surface area (Å²) in [5, 5.41) is 0. The zero-order valence-corrected chi connectivity index (χ0v) is 23.0. The molecule has 1 atom stereocenters. The molecule has 0 saturated carbocycles. The van der Waals surface area contributed by atoms with Gasteiger partial charge in [-0.1, -0.05) is 24.3 Å². The first-order valence-electron chi connectivity index (χ1n) is 12.5. The number of nitrogens with two attached hydrogens (primary N) is 1. The van der Waals surface area contributed by atoms with Crippen molar-refractivity contribution in [2.75, 3.05) is 26.9 Å². The molecule has 1 aliphatic rings. The summed E-state index contributed by atoms with van der Waals surface area (Å²) in [6.07, 6.45) is 1.70. The van der Waals surface area contributed by atoms with Crippen LogP contribution in [0.3, 0.4) is 0 Å². The molecule has 2 heterocycles. The van der Waals surface area contributed by atoms with Crippen LogP contribution in [0.15, 0.2) is 58.9 Å². The second-order valence-corrected chi connectivity index (χ2v) is 9.45. The van der Waals surface area contributed by atoms with Gasteiger partial charge in [-0.15, -0.1) is 11.3 Å². The summed E-state index contributed by atoms with van der Waals surface area (Å²) in [4.78, 5) is 40.1. The van der Waals surface area contributed by atoms with E-state index in [-0.39, 0.29) is 23.6 Å². The van der Waals surface area contributed by atoms with Crippen molar-refractivity contribution >= 4 is 40.7 Å². The standard InChI is InChI=1S/C29H30N2O7S/c1-5-36-19-12-8-17(9-13-19)16-21-26(32)31-25(30)23(28(33)35-4)22(18-10-14-20(15-11-18)37-6-2)24(27(31)39-21)29(34)38-7-3/h8-16,22H,5-7,30H2,1-4H3. The van der Waals surface area contributed by atoms with Crippen molar-refractivity contribution in [3.63, 3.8) is 0 Å². The number of carbonyl (C=O) groups excluding carboxylic acids is 2. The Kier molecular flexibility index (Phi) is 8.55. The minimum atomic E-state index is -0.927. The van der Waals surface area contributed by atoms with Crippen LogP contribution in [0.2, 0.25) is 0 Å². The largest absolute Gasteiger partial charge is 0.494 e. The van der Waals surface area contributed by atoms with Gasteiger partial charge in [0.1, 0.15) is 22.0 Å². The monoisotopic (exact) mass is 550 g/mol. The lowest BCUT2D eigenvalue weighted by Gasteiger charge is -2.26. The molecule has 2 aromatic carbocycles. The predicted octanol–water partition coefficient (Wildman–Crippen LogP) is 2.35. The molecule has 204 valence electrons. The van der Waals surface area contributed by atoms with E-state index in [4.69, 9.17) is 24.7 Å². The van der Waals surface area contributed by atoms with E-state index in [1.54, 1.807) is 37.3 Å². The summed E-state index contributed by atoms with van der Waals surface area (Å²) in [7, 11) is 1.22. The Morgan fingerprint density at radius 2 is 1.49 bits per heavy atom. The first-order valence-corrected chi connectivity index (χ1v) is 13.3. The molecule has 3 aromatic rings. The van der Waals surface area contributed by atoms with E-state index in [0.29, 0.717) is 39.5 Å². The summed E-state index contributed by atoms with van der Waals surface area (Å²) < 4.78 is 23.3. The molecule has 0 spiro atoms. The number of hydrogen-bond acceptors (Lipinski definition) is 9. The van der Waals surface area contributed by atoms with Gasteiger partial charge < -0.3 is 24.7 Å². The van der Waals surface area contributed by atoms with Gasteiger partial charge in [-0.2, -0.15) is 0 Å². The summed E-state index contributed by atoms with van der Waals surface area (Å²) in [6, 6.07) is 14.3. The highest BCUT2D eigenvalue weighted by Gasteiger charge is 2.39. The third-order valence-corrected chi connectivity index (χ3v) is 7.17. The van der Waals surface area contributed by atoms with Gasteiger partial charge in [0.25, 0.3) is 5.56 Å². The molecule has 0 aliphatic carbocycles. The normalized spacial score (nSPS) is 15.1. The van der Waals surface area contributed by atoms with Crippen LogP contribution in [0.1, 0.15) is 37.8 Å². The van der Waals surface area contributed by atoms with Crippen LogP contribution in [0.4, 0.5) is 0 Å². The van der Waals surface area contributed by atoms with Crippen molar-refractivity contribution < 1.29 is 28.5 Å². The molecule has 1 aliphatic heterocycles. The molecule has 0 saturated heterocycles. The smallest absolute Gasteiger partial charge is 0.338 e. The average Bonchev–Trinajstić information content (AvgIpc) is 3.25. The summed E-state index contributed by atoms with van der Waals surface area (Å²) in [5.41, 5.74) is 7.49. The fourth-order valence-corrected chi connectivity index (χ4v) is 5.56. The van der Waals surface area contributed by atoms with E-state index in [1.807, 2.05) is 38.1 Å². The zero-order chi connectivity index (χ0) is 28.1. The lowest BCUT2D eigenvalue weighted by Crippen LogP contribution is -2.41. The van der Waals surface area contributed by atoms with Gasteiger partial charge in [-0.3, -0.25) is 9.36 Å². The van der Waals surface area contributed by atoms with Gasteiger partial charge in [-0.25, -0.2) is 9.59 Å². The molecule has 4 rings (SSSR count). The number of carbonyl (C=O) groups is 2. The Morgan fingerprint density at radius 1 is 0.897 bits per heavy atom. The molecule has 0 amide bonds. The van der Waals surface area contributed by atoms with Crippen LogP contribution in [0, 0.1) is 0 Å². The van der Waals surface area contributed by atoms with Crippen molar-refractivity contribution in [2.45, 2.75) is 26.7 Å². The average molecular weight is 551 g/mol. The molecule has 1 aromatic heterocycles. The highest BCUT2D eigenvalue weighted by Crippen LogP contribution is 2.38. The third-order valence-electron chi connectivity index (χ3n) is 6.06. The van der Waals surface area contributed by atoms with Gasteiger partial charge in [-0.05, 0) is 62.2 Å². The van der Waals surface area contributed by atoms with Crippen LogP contribution in [-0.4, -0.2) is 43.4 Å². The lowest BCUT2D eigenvalue weighted by atomic mass is 9.83. The Balaban J connectivity index is 2.01. The molecule has 1 unspecified atom stereocenters. The van der Waals surface area contributed by atoms with E-state index in [0.717, 1.165) is 16.9 Å². The van der Waals surface area contributed by atoms with E-state index in [9.17, 15) is 14.4 Å². The molecular weight excluding hydrogens is 520 g/mol. The van der Waals surface area contributed by atoms with E-state index in [1.165, 1.54) is 11.7 Å². The van der Waals surface area contributed by atoms with Crippen molar-refractivity contribution in [3.8, 4) is 11.5 Å². The van der Waals surface area contributed by atoms with Crippen LogP contribution >= 0.6 is 11.3 Å². The van der Waals surface area contributed by atoms with E-state index < -0.39 is 23.4 Å². The molecular formula is C29H30N2O7S. The maximum Gasteiger partial charge on any atom is 0.338 e. The Hall–Kier alpha value is -4.31. The molecule has 9 nitrogen and oxygen atoms in total. The number of nitrogens with zero attached hydrogens (tertiary/aromatic N) is 1. The third kappa shape index (κ3) is 5.46. The first kappa shape index (κ1) is 27.7. The van der Waals surface area contributed by atoms with Gasteiger partial charge in [0.2, 0.25) is 0 Å². The topological polar surface area (TPSA) is 119 Å². The highest BCUT2D eigenvalue weighted by atomic mass is 32.1. The van der Waals surface area contributed by atoms with Crippen molar-refractivity contribution in [3.05, 3.63) is 84.8 Å². The maximum absolute atomic E-state index is 13.6. The Morgan fingerprint density at radius 3 is 2.03 bits per heavy atom. The number of methoxy groups -OCH3 is 1. The van der Waals surface area contributed by atoms with Gasteiger partial charge in [0.05, 0.1) is 48.5 Å². The molecule has 10 heteroatoms. The van der Waals surface area contributed by atoms with Crippen LogP contribution < -0.4 is 30.0 Å². The summed E-state index contributed by atoms with van der Waals surface area (Å²) in [5.74, 6) is -1.10. The first-order chi connectivity index (χ1) is 18.8. The van der Waals surface area contributed by atoms with Crippen LogP contribution in [0.5, 0.6) is 11.5 Å². The van der Waals surface area contributed by atoms with Crippen LogP contribution in [0.25, 0.3) is 17.5 Å². The SMILES string of the molecule is CCOC(=O)C1=c2sc(=Cc3ccc(OCC)cc3)c(=O)n2C(N)=C(C(=O)OC)C1c1ccc(OCC)cc1. The molecule has 0 bridgehead atoms. The quantitative estimate of drug-likeness (QED) is 0.404. The number of hydrogen-bond donors (Lipinski definition) is 1. The fourth-order valence-electron chi connectivity index (χ4n) is 4.40. The Bertz CT molecular complexity index is 1580. The highest BCUT2D eigenvalue weighted by molar-refractivity contribution is 7.07. The fraction of sp³-hybridized carbons (Fsp3) is 0.276. The molecule has 39 heavy (non-hydrogen) atoms. The number of ether oxygens (including phenoxy) is 4. The van der Waals surface area contributed by atoms with Crippen LogP contribution in [-0.2, 0) is 19.1 Å². The van der Waals surface area contributed by atoms with Gasteiger partial charge >= 0.3 is 11.9 Å². The van der Waals surface area contributed by atoms with Crippen molar-refractivity contribution in [1.82, 2.24) is 4.57 Å². The lowest BCUT2D eigenvalue weighted by molar-refractivity contribution is -0.136. The predicted molar refractivity (Wildman–Crippen MR) is 149 cm³/mol. The molecule has 0 fully saturated rings. The van der Waals surface area contributed by atoms with Gasteiger partial charge in [0.15, 0.2) is 0 Å². The number of rotatable bonds is 9. The number of benzene rings is 2. The maximum atomic E-state index is 13.6. The Labute approximate surface area is 229 Å². The summed E-state index contributed by atoms with van der Waals surface area (Å²) >= 11 is 1.10. The van der Waals surface area contributed by atoms with Crippen molar-refractivity contribution in [1.29, 1.82) is 0 Å². The van der Waals surface area contributed by atoms with E-state index >= 15 is 0 Å².